The molecule has 0 aromatic heterocycles. The predicted molar refractivity (Wildman–Crippen MR) is 64.0 cm³/mol. The van der Waals surface area contributed by atoms with Gasteiger partial charge in [-0.1, -0.05) is 20.8 Å². The summed E-state index contributed by atoms with van der Waals surface area (Å²) < 4.78 is 6.15. The van der Waals surface area contributed by atoms with Crippen LogP contribution < -0.4 is 5.73 Å². The second kappa shape index (κ2) is 3.90. The molecule has 3 nitrogen and oxygen atoms in total. The number of rotatable bonds is 3. The van der Waals surface area contributed by atoms with Gasteiger partial charge in [0.15, 0.2) is 8.32 Å². The zero-order valence-corrected chi connectivity index (χ0v) is 11.5. The Balaban J connectivity index is 2.42. The summed E-state index contributed by atoms with van der Waals surface area (Å²) in [5, 5.41) is 0.241. The van der Waals surface area contributed by atoms with E-state index < -0.39 is 8.32 Å². The van der Waals surface area contributed by atoms with Crippen LogP contribution in [0.3, 0.4) is 0 Å². The summed E-state index contributed by atoms with van der Waals surface area (Å²) in [5.74, 6) is -0.121. The van der Waals surface area contributed by atoms with Crippen molar-refractivity contribution >= 4 is 14.2 Å². The number of carbonyl (C=O) groups excluding carboxylic acids is 1. The lowest BCUT2D eigenvalue weighted by Crippen LogP contribution is -2.49. The fourth-order valence-corrected chi connectivity index (χ4v) is 2.87. The fraction of sp³-hybridized carbons (Fsp3) is 0.909. The lowest BCUT2D eigenvalue weighted by atomic mass is 9.82. The van der Waals surface area contributed by atoms with Crippen molar-refractivity contribution in [1.29, 1.82) is 0 Å². The molecule has 0 saturated heterocycles. The van der Waals surface area contributed by atoms with Gasteiger partial charge in [0.25, 0.3) is 0 Å². The number of hydrogen-bond donors (Lipinski definition) is 1. The number of primary amides is 1. The van der Waals surface area contributed by atoms with Gasteiger partial charge < -0.3 is 10.2 Å². The fourth-order valence-electron chi connectivity index (χ4n) is 1.49. The van der Waals surface area contributed by atoms with Crippen LogP contribution >= 0.6 is 0 Å². The maximum atomic E-state index is 10.9. The van der Waals surface area contributed by atoms with Gasteiger partial charge in [-0.3, -0.25) is 4.79 Å². The van der Waals surface area contributed by atoms with Gasteiger partial charge in [0.1, 0.15) is 0 Å². The molecule has 4 heteroatoms. The third kappa shape index (κ3) is 2.81. The maximum Gasteiger partial charge on any atom is 0.220 e. The summed E-state index contributed by atoms with van der Waals surface area (Å²) >= 11 is 0. The minimum atomic E-state index is -1.65. The molecular weight excluding hydrogens is 206 g/mol. The lowest BCUT2D eigenvalue weighted by Gasteiger charge is -2.44. The van der Waals surface area contributed by atoms with Crippen LogP contribution in [0, 0.1) is 5.92 Å². The predicted octanol–water partition coefficient (Wildman–Crippen LogP) is 2.27. The Morgan fingerprint density at radius 1 is 1.33 bits per heavy atom. The molecule has 1 saturated carbocycles. The van der Waals surface area contributed by atoms with Crippen molar-refractivity contribution in [2.24, 2.45) is 11.7 Å². The van der Waals surface area contributed by atoms with Crippen LogP contribution in [0.5, 0.6) is 0 Å². The molecule has 88 valence electrons. The van der Waals surface area contributed by atoms with E-state index in [2.05, 4.69) is 33.9 Å². The van der Waals surface area contributed by atoms with Gasteiger partial charge in [-0.15, -0.1) is 0 Å². The van der Waals surface area contributed by atoms with E-state index >= 15 is 0 Å². The Bertz CT molecular complexity index is 252. The van der Waals surface area contributed by atoms with Crippen LogP contribution in [0.15, 0.2) is 0 Å². The molecule has 1 aliphatic carbocycles. The van der Waals surface area contributed by atoms with Gasteiger partial charge in [-0.25, -0.2) is 0 Å². The molecule has 1 fully saturated rings. The summed E-state index contributed by atoms with van der Waals surface area (Å²) in [6, 6.07) is 0. The van der Waals surface area contributed by atoms with Gasteiger partial charge in [0.2, 0.25) is 5.91 Å². The van der Waals surface area contributed by atoms with Gasteiger partial charge in [0, 0.05) is 12.0 Å². The van der Waals surface area contributed by atoms with E-state index in [1.54, 1.807) is 0 Å². The molecule has 0 heterocycles. The highest BCUT2D eigenvalue weighted by Crippen LogP contribution is 2.41. The minimum Gasteiger partial charge on any atom is -0.414 e. The van der Waals surface area contributed by atoms with Crippen LogP contribution in [0.4, 0.5) is 0 Å². The minimum absolute atomic E-state index is 0.0553. The van der Waals surface area contributed by atoms with Crippen molar-refractivity contribution in [1.82, 2.24) is 0 Å². The number of hydrogen-bond acceptors (Lipinski definition) is 2. The summed E-state index contributed by atoms with van der Waals surface area (Å²) in [6.07, 6.45) is 1.91. The zero-order chi connectivity index (χ0) is 11.9. The zero-order valence-electron chi connectivity index (χ0n) is 10.5. The van der Waals surface area contributed by atoms with Crippen molar-refractivity contribution in [3.63, 3.8) is 0 Å². The highest BCUT2D eigenvalue weighted by molar-refractivity contribution is 6.74. The summed E-state index contributed by atoms with van der Waals surface area (Å²) in [5.41, 5.74) is 5.23. The van der Waals surface area contributed by atoms with Gasteiger partial charge in [-0.2, -0.15) is 0 Å². The van der Waals surface area contributed by atoms with Crippen molar-refractivity contribution in [3.8, 4) is 0 Å². The molecule has 0 aromatic carbocycles. The highest BCUT2D eigenvalue weighted by atomic mass is 28.4. The van der Waals surface area contributed by atoms with E-state index in [0.29, 0.717) is 0 Å². The Morgan fingerprint density at radius 2 is 1.80 bits per heavy atom. The number of carbonyl (C=O) groups is 1. The first-order valence-electron chi connectivity index (χ1n) is 5.60. The standard InChI is InChI=1S/C11H23NO2Si/c1-11(2,3)15(4,5)14-9-6-8(7-9)10(12)13/h8-9H,6-7H2,1-5H3,(H2,12,13). The van der Waals surface area contributed by atoms with Crippen LogP contribution in [0.25, 0.3) is 0 Å². The summed E-state index contributed by atoms with van der Waals surface area (Å²) in [4.78, 5) is 10.9. The summed E-state index contributed by atoms with van der Waals surface area (Å²) in [6.45, 7) is 11.2. The van der Waals surface area contributed by atoms with Crippen LogP contribution in [0.1, 0.15) is 33.6 Å². The van der Waals surface area contributed by atoms with Crippen molar-refractivity contribution in [2.75, 3.05) is 0 Å². The van der Waals surface area contributed by atoms with E-state index in [9.17, 15) is 4.79 Å². The average Bonchev–Trinajstić information content (AvgIpc) is 1.92. The molecule has 15 heavy (non-hydrogen) atoms. The molecule has 1 aliphatic rings. The lowest BCUT2D eigenvalue weighted by molar-refractivity contribution is -0.127. The van der Waals surface area contributed by atoms with E-state index in [1.165, 1.54) is 0 Å². The maximum absolute atomic E-state index is 10.9. The van der Waals surface area contributed by atoms with Gasteiger partial charge in [-0.05, 0) is 31.0 Å². The van der Waals surface area contributed by atoms with Crippen molar-refractivity contribution in [3.05, 3.63) is 0 Å². The molecule has 1 amide bonds. The second-order valence-corrected chi connectivity index (χ2v) is 10.8. The SMILES string of the molecule is CC(C)(C)[Si](C)(C)OC1CC(C(N)=O)C1. The van der Waals surface area contributed by atoms with E-state index in [4.69, 9.17) is 10.2 Å². The molecular formula is C11H23NO2Si. The number of nitrogens with two attached hydrogens (primary N) is 1. The molecule has 0 unspecified atom stereocenters. The largest absolute Gasteiger partial charge is 0.414 e. The first-order chi connectivity index (χ1) is 6.63. The average molecular weight is 229 g/mol. The first kappa shape index (κ1) is 12.7. The Hall–Kier alpha value is -0.353. The van der Waals surface area contributed by atoms with Crippen LogP contribution in [0.2, 0.25) is 18.1 Å². The van der Waals surface area contributed by atoms with E-state index in [-0.39, 0.29) is 23.0 Å². The molecule has 0 spiro atoms. The molecule has 0 atom stereocenters. The Labute approximate surface area is 93.5 Å². The number of amides is 1. The van der Waals surface area contributed by atoms with Gasteiger partial charge in [0.05, 0.1) is 0 Å². The molecule has 0 bridgehead atoms. The van der Waals surface area contributed by atoms with Crippen molar-refractivity contribution < 1.29 is 9.22 Å². The van der Waals surface area contributed by atoms with E-state index in [0.717, 1.165) is 12.8 Å². The monoisotopic (exact) mass is 229 g/mol. The Kier molecular flexibility index (Phi) is 3.31. The molecule has 2 N–H and O–H groups in total. The quantitative estimate of drug-likeness (QED) is 0.755. The molecule has 1 rings (SSSR count). The molecule has 0 aromatic rings. The van der Waals surface area contributed by atoms with E-state index in [1.807, 2.05) is 0 Å². The third-order valence-corrected chi connectivity index (χ3v) is 8.30. The highest BCUT2D eigenvalue weighted by Gasteiger charge is 2.43. The van der Waals surface area contributed by atoms with Crippen LogP contribution in [-0.4, -0.2) is 20.3 Å². The summed E-state index contributed by atoms with van der Waals surface area (Å²) in [7, 11) is -1.65. The van der Waals surface area contributed by atoms with Crippen LogP contribution in [-0.2, 0) is 9.22 Å². The normalized spacial score (nSPS) is 27.3. The first-order valence-corrected chi connectivity index (χ1v) is 8.51. The molecule has 0 radical (unpaired) electrons. The Morgan fingerprint density at radius 3 is 2.13 bits per heavy atom. The third-order valence-electron chi connectivity index (χ3n) is 3.76. The van der Waals surface area contributed by atoms with Crippen molar-refractivity contribution in [2.45, 2.75) is 57.8 Å². The topological polar surface area (TPSA) is 52.3 Å². The molecule has 0 aliphatic heterocycles. The smallest absolute Gasteiger partial charge is 0.220 e. The second-order valence-electron chi connectivity index (χ2n) is 6.07. The van der Waals surface area contributed by atoms with Gasteiger partial charge >= 0.3 is 0 Å².